The number of hydrogen-bond donors (Lipinski definition) is 0. The van der Waals surface area contributed by atoms with Gasteiger partial charge in [0.2, 0.25) is 5.91 Å². The summed E-state index contributed by atoms with van der Waals surface area (Å²) in [4.78, 5) is 14.4. The molecule has 4 rings (SSSR count). The van der Waals surface area contributed by atoms with Gasteiger partial charge in [-0.2, -0.15) is 5.10 Å². The van der Waals surface area contributed by atoms with Crippen LogP contribution in [0, 0.1) is 0 Å². The summed E-state index contributed by atoms with van der Waals surface area (Å²) in [5, 5.41) is 6.78. The quantitative estimate of drug-likeness (QED) is 0.509. The Kier molecular flexibility index (Phi) is 5.20. The van der Waals surface area contributed by atoms with E-state index in [1.807, 2.05) is 60.5 Å². The average Bonchev–Trinajstić information content (AvgIpc) is 3.15. The number of rotatable bonds is 6. The fraction of sp³-hybridized carbons (Fsp3) is 0.167. The molecule has 1 amide bonds. The van der Waals surface area contributed by atoms with Crippen molar-refractivity contribution in [3.63, 3.8) is 0 Å². The standard InChI is InChI=1S/C24H23N3O/c1-26(16-21-15-25-27(18-21)17-19-7-3-2-4-8-19)24(28)14-20-11-12-22-9-5-6-10-23(22)13-20/h2-13,15,18H,14,16-17H2,1H3. The van der Waals surface area contributed by atoms with Crippen molar-refractivity contribution in [3.8, 4) is 0 Å². The molecular formula is C24H23N3O. The van der Waals surface area contributed by atoms with Crippen LogP contribution < -0.4 is 0 Å². The Hall–Kier alpha value is -3.40. The summed E-state index contributed by atoms with van der Waals surface area (Å²) >= 11 is 0. The van der Waals surface area contributed by atoms with Gasteiger partial charge in [0.05, 0.1) is 19.2 Å². The highest BCUT2D eigenvalue weighted by Crippen LogP contribution is 2.16. The molecule has 140 valence electrons. The monoisotopic (exact) mass is 369 g/mol. The van der Waals surface area contributed by atoms with E-state index in [9.17, 15) is 4.79 Å². The summed E-state index contributed by atoms with van der Waals surface area (Å²) in [6, 6.07) is 24.6. The fourth-order valence-corrected chi connectivity index (χ4v) is 3.37. The highest BCUT2D eigenvalue weighted by atomic mass is 16.2. The minimum absolute atomic E-state index is 0.103. The summed E-state index contributed by atoms with van der Waals surface area (Å²) in [5.41, 5.74) is 3.28. The Morgan fingerprint density at radius 3 is 2.46 bits per heavy atom. The van der Waals surface area contributed by atoms with Crippen LogP contribution in [0.2, 0.25) is 0 Å². The second-order valence-electron chi connectivity index (χ2n) is 7.14. The number of aromatic nitrogens is 2. The lowest BCUT2D eigenvalue weighted by molar-refractivity contribution is -0.129. The molecule has 0 N–H and O–H groups in total. The lowest BCUT2D eigenvalue weighted by atomic mass is 10.0. The summed E-state index contributed by atoms with van der Waals surface area (Å²) < 4.78 is 1.91. The SMILES string of the molecule is CN(Cc1cnn(Cc2ccccc2)c1)C(=O)Cc1ccc2ccccc2c1. The number of carbonyl (C=O) groups is 1. The molecule has 0 spiro atoms. The number of carbonyl (C=O) groups excluding carboxylic acids is 1. The molecule has 4 aromatic rings. The van der Waals surface area contributed by atoms with Gasteiger partial charge in [0.25, 0.3) is 0 Å². The molecule has 0 aliphatic rings. The first-order valence-electron chi connectivity index (χ1n) is 9.44. The second-order valence-corrected chi connectivity index (χ2v) is 7.14. The van der Waals surface area contributed by atoms with E-state index >= 15 is 0 Å². The van der Waals surface area contributed by atoms with E-state index in [1.54, 1.807) is 4.90 Å². The molecule has 1 heterocycles. The van der Waals surface area contributed by atoms with E-state index in [1.165, 1.54) is 10.9 Å². The van der Waals surface area contributed by atoms with E-state index in [4.69, 9.17) is 0 Å². The molecular weight excluding hydrogens is 346 g/mol. The van der Waals surface area contributed by atoms with Crippen molar-refractivity contribution in [2.24, 2.45) is 0 Å². The first-order chi connectivity index (χ1) is 13.7. The molecule has 0 fully saturated rings. The Morgan fingerprint density at radius 1 is 0.893 bits per heavy atom. The largest absolute Gasteiger partial charge is 0.341 e. The predicted octanol–water partition coefficient (Wildman–Crippen LogP) is 4.29. The van der Waals surface area contributed by atoms with Gasteiger partial charge >= 0.3 is 0 Å². The maximum atomic E-state index is 12.6. The zero-order valence-electron chi connectivity index (χ0n) is 16.0. The van der Waals surface area contributed by atoms with Crippen molar-refractivity contribution in [1.29, 1.82) is 0 Å². The van der Waals surface area contributed by atoms with Gasteiger partial charge in [-0.15, -0.1) is 0 Å². The van der Waals surface area contributed by atoms with Crippen molar-refractivity contribution < 1.29 is 4.79 Å². The second kappa shape index (κ2) is 8.09. The first kappa shape index (κ1) is 18.0. The lowest BCUT2D eigenvalue weighted by Gasteiger charge is -2.16. The van der Waals surface area contributed by atoms with Gasteiger partial charge in [-0.1, -0.05) is 72.8 Å². The van der Waals surface area contributed by atoms with Crippen LogP contribution in [0.1, 0.15) is 16.7 Å². The van der Waals surface area contributed by atoms with Crippen molar-refractivity contribution in [2.45, 2.75) is 19.5 Å². The Labute approximate surface area is 165 Å². The normalized spacial score (nSPS) is 10.9. The summed E-state index contributed by atoms with van der Waals surface area (Å²) in [6.07, 6.45) is 4.25. The predicted molar refractivity (Wildman–Crippen MR) is 112 cm³/mol. The number of benzene rings is 3. The maximum Gasteiger partial charge on any atom is 0.227 e. The van der Waals surface area contributed by atoms with Crippen molar-refractivity contribution in [3.05, 3.63) is 102 Å². The van der Waals surface area contributed by atoms with Crippen LogP contribution in [0.15, 0.2) is 85.2 Å². The molecule has 4 nitrogen and oxygen atoms in total. The third-order valence-corrected chi connectivity index (χ3v) is 4.89. The average molecular weight is 369 g/mol. The smallest absolute Gasteiger partial charge is 0.227 e. The topological polar surface area (TPSA) is 38.1 Å². The van der Waals surface area contributed by atoms with Gasteiger partial charge in [0, 0.05) is 25.4 Å². The van der Waals surface area contributed by atoms with E-state index in [0.717, 1.165) is 23.1 Å². The van der Waals surface area contributed by atoms with Gasteiger partial charge in [-0.3, -0.25) is 9.48 Å². The van der Waals surface area contributed by atoms with E-state index in [0.29, 0.717) is 13.0 Å². The molecule has 0 aliphatic heterocycles. The van der Waals surface area contributed by atoms with Crippen LogP contribution >= 0.6 is 0 Å². The molecule has 0 unspecified atom stereocenters. The fourth-order valence-electron chi connectivity index (χ4n) is 3.37. The lowest BCUT2D eigenvalue weighted by Crippen LogP contribution is -2.27. The Balaban J connectivity index is 1.37. The Morgan fingerprint density at radius 2 is 1.64 bits per heavy atom. The van der Waals surface area contributed by atoms with Crippen molar-refractivity contribution >= 4 is 16.7 Å². The van der Waals surface area contributed by atoms with E-state index in [-0.39, 0.29) is 5.91 Å². The first-order valence-corrected chi connectivity index (χ1v) is 9.44. The zero-order valence-corrected chi connectivity index (χ0v) is 16.0. The van der Waals surface area contributed by atoms with Crippen LogP contribution in [-0.2, 0) is 24.3 Å². The minimum Gasteiger partial charge on any atom is -0.341 e. The highest BCUT2D eigenvalue weighted by molar-refractivity contribution is 5.85. The van der Waals surface area contributed by atoms with Gasteiger partial charge in [0.1, 0.15) is 0 Å². The van der Waals surface area contributed by atoms with Crippen LogP contribution in [0.3, 0.4) is 0 Å². The van der Waals surface area contributed by atoms with Crippen LogP contribution in [0.5, 0.6) is 0 Å². The van der Waals surface area contributed by atoms with Gasteiger partial charge in [-0.05, 0) is 21.9 Å². The van der Waals surface area contributed by atoms with Crippen LogP contribution in [0.4, 0.5) is 0 Å². The van der Waals surface area contributed by atoms with Gasteiger partial charge < -0.3 is 4.90 Å². The van der Waals surface area contributed by atoms with Crippen LogP contribution in [0.25, 0.3) is 10.8 Å². The van der Waals surface area contributed by atoms with Crippen molar-refractivity contribution in [2.75, 3.05) is 7.05 Å². The molecule has 0 radical (unpaired) electrons. The molecule has 0 atom stereocenters. The molecule has 3 aromatic carbocycles. The molecule has 1 aromatic heterocycles. The van der Waals surface area contributed by atoms with E-state index < -0.39 is 0 Å². The molecule has 4 heteroatoms. The minimum atomic E-state index is 0.103. The third kappa shape index (κ3) is 4.29. The third-order valence-electron chi connectivity index (χ3n) is 4.89. The zero-order chi connectivity index (χ0) is 19.3. The summed E-state index contributed by atoms with van der Waals surface area (Å²) in [6.45, 7) is 1.29. The molecule has 0 saturated carbocycles. The van der Waals surface area contributed by atoms with Gasteiger partial charge in [0.15, 0.2) is 0 Å². The van der Waals surface area contributed by atoms with Crippen LogP contribution in [-0.4, -0.2) is 27.6 Å². The number of hydrogen-bond acceptors (Lipinski definition) is 2. The van der Waals surface area contributed by atoms with Gasteiger partial charge in [-0.25, -0.2) is 0 Å². The number of fused-ring (bicyclic) bond motifs is 1. The number of amides is 1. The maximum absolute atomic E-state index is 12.6. The molecule has 0 aliphatic carbocycles. The molecule has 0 saturated heterocycles. The summed E-state index contributed by atoms with van der Waals surface area (Å²) in [5.74, 6) is 0.103. The van der Waals surface area contributed by atoms with E-state index in [2.05, 4.69) is 41.5 Å². The number of nitrogens with zero attached hydrogens (tertiary/aromatic N) is 3. The number of likely N-dealkylation sites (N-methyl/N-ethyl adjacent to an activating group) is 1. The van der Waals surface area contributed by atoms with Crippen molar-refractivity contribution in [1.82, 2.24) is 14.7 Å². The summed E-state index contributed by atoms with van der Waals surface area (Å²) in [7, 11) is 1.85. The Bertz CT molecular complexity index is 1090. The highest BCUT2D eigenvalue weighted by Gasteiger charge is 2.12. The molecule has 0 bridgehead atoms. The molecule has 28 heavy (non-hydrogen) atoms.